The first-order valence-electron chi connectivity index (χ1n) is 7.88. The van der Waals surface area contributed by atoms with Crippen molar-refractivity contribution >= 4 is 5.82 Å². The molecule has 3 nitrogen and oxygen atoms in total. The van der Waals surface area contributed by atoms with Crippen LogP contribution in [0.25, 0.3) is 11.3 Å². The number of rotatable bonds is 5. The summed E-state index contributed by atoms with van der Waals surface area (Å²) in [6.45, 7) is 4.31. The lowest BCUT2D eigenvalue weighted by atomic mass is 10.0. The van der Waals surface area contributed by atoms with E-state index >= 15 is 0 Å². The molecule has 1 aromatic heterocycles. The maximum atomic E-state index is 4.84. The molecule has 0 amide bonds. The average Bonchev–Trinajstić information content (AvgIpc) is 3.34. The second kappa shape index (κ2) is 5.84. The largest absolute Gasteiger partial charge is 0.373 e. The Labute approximate surface area is 126 Å². The van der Waals surface area contributed by atoms with Crippen LogP contribution in [0.2, 0.25) is 0 Å². The van der Waals surface area contributed by atoms with E-state index in [-0.39, 0.29) is 0 Å². The molecule has 0 atom stereocenters. The molecule has 0 spiro atoms. The first-order valence-corrected chi connectivity index (χ1v) is 7.88. The normalized spacial score (nSPS) is 14.2. The van der Waals surface area contributed by atoms with E-state index in [0.29, 0.717) is 5.92 Å². The molecule has 1 saturated carbocycles. The van der Waals surface area contributed by atoms with Crippen molar-refractivity contribution < 1.29 is 0 Å². The Hall–Kier alpha value is -1.90. The van der Waals surface area contributed by atoms with Crippen molar-refractivity contribution in [1.82, 2.24) is 9.97 Å². The topological polar surface area (TPSA) is 37.8 Å². The van der Waals surface area contributed by atoms with Gasteiger partial charge in [0.1, 0.15) is 11.6 Å². The Morgan fingerprint density at radius 3 is 2.43 bits per heavy atom. The van der Waals surface area contributed by atoms with Crippen molar-refractivity contribution in [3.63, 3.8) is 0 Å². The van der Waals surface area contributed by atoms with Crippen LogP contribution in [0, 0.1) is 6.92 Å². The van der Waals surface area contributed by atoms with E-state index in [1.54, 1.807) is 0 Å². The van der Waals surface area contributed by atoms with Gasteiger partial charge in [0.15, 0.2) is 0 Å². The number of anilines is 1. The van der Waals surface area contributed by atoms with Gasteiger partial charge in [-0.05, 0) is 31.7 Å². The molecule has 21 heavy (non-hydrogen) atoms. The van der Waals surface area contributed by atoms with Crippen LogP contribution in [-0.4, -0.2) is 17.0 Å². The van der Waals surface area contributed by atoms with Crippen molar-refractivity contribution in [1.29, 1.82) is 0 Å². The monoisotopic (exact) mass is 281 g/mol. The summed E-state index contributed by atoms with van der Waals surface area (Å²) in [4.78, 5) is 9.50. The van der Waals surface area contributed by atoms with Crippen LogP contribution in [0.5, 0.6) is 0 Å². The van der Waals surface area contributed by atoms with Crippen LogP contribution >= 0.6 is 0 Å². The van der Waals surface area contributed by atoms with Gasteiger partial charge in [-0.25, -0.2) is 9.97 Å². The van der Waals surface area contributed by atoms with Crippen molar-refractivity contribution in [3.05, 3.63) is 41.2 Å². The predicted octanol–water partition coefficient (Wildman–Crippen LogP) is 4.32. The molecule has 1 heterocycles. The molecule has 0 aliphatic heterocycles. The average molecular weight is 281 g/mol. The molecular formula is C18H23N3. The summed E-state index contributed by atoms with van der Waals surface area (Å²) >= 11 is 0. The van der Waals surface area contributed by atoms with E-state index < -0.39 is 0 Å². The predicted molar refractivity (Wildman–Crippen MR) is 87.7 cm³/mol. The standard InChI is InChI=1S/C18H23N3/c1-4-5-13-6-8-14(9-7-13)16-12(2)17(19-3)21-18(20-16)15-10-11-15/h6-9,15H,4-5,10-11H2,1-3H3,(H,19,20,21). The summed E-state index contributed by atoms with van der Waals surface area (Å²) in [6, 6.07) is 8.82. The van der Waals surface area contributed by atoms with E-state index in [9.17, 15) is 0 Å². The highest BCUT2D eigenvalue weighted by molar-refractivity contribution is 5.68. The zero-order valence-corrected chi connectivity index (χ0v) is 13.1. The molecule has 2 aromatic rings. The number of aryl methyl sites for hydroxylation is 1. The molecule has 0 unspecified atom stereocenters. The second-order valence-corrected chi connectivity index (χ2v) is 5.88. The molecule has 0 saturated heterocycles. The van der Waals surface area contributed by atoms with Crippen molar-refractivity contribution in [2.75, 3.05) is 12.4 Å². The van der Waals surface area contributed by atoms with E-state index in [2.05, 4.69) is 48.4 Å². The SMILES string of the molecule is CCCc1ccc(-c2nc(C3CC3)nc(NC)c2C)cc1. The minimum absolute atomic E-state index is 0.566. The molecule has 110 valence electrons. The third-order valence-corrected chi connectivity index (χ3v) is 4.11. The zero-order chi connectivity index (χ0) is 14.8. The van der Waals surface area contributed by atoms with Gasteiger partial charge in [0.05, 0.1) is 5.69 Å². The highest BCUT2D eigenvalue weighted by Gasteiger charge is 2.28. The lowest BCUT2D eigenvalue weighted by Gasteiger charge is -2.12. The fraction of sp³-hybridized carbons (Fsp3) is 0.444. The Kier molecular flexibility index (Phi) is 3.91. The van der Waals surface area contributed by atoms with Crippen LogP contribution < -0.4 is 5.32 Å². The highest BCUT2D eigenvalue weighted by Crippen LogP contribution is 2.40. The van der Waals surface area contributed by atoms with Crippen LogP contribution in [0.4, 0.5) is 5.82 Å². The van der Waals surface area contributed by atoms with Gasteiger partial charge in [0, 0.05) is 24.1 Å². The van der Waals surface area contributed by atoms with Crippen LogP contribution in [0.1, 0.15) is 49.1 Å². The van der Waals surface area contributed by atoms with Crippen molar-refractivity contribution in [2.24, 2.45) is 0 Å². The molecule has 1 aliphatic rings. The number of hydrogen-bond donors (Lipinski definition) is 1. The third kappa shape index (κ3) is 2.92. The maximum absolute atomic E-state index is 4.84. The molecule has 1 fully saturated rings. The Morgan fingerprint density at radius 2 is 1.86 bits per heavy atom. The summed E-state index contributed by atoms with van der Waals surface area (Å²) in [5, 5.41) is 3.21. The minimum atomic E-state index is 0.566. The van der Waals surface area contributed by atoms with Crippen molar-refractivity contribution in [3.8, 4) is 11.3 Å². The Morgan fingerprint density at radius 1 is 1.14 bits per heavy atom. The van der Waals surface area contributed by atoms with Crippen molar-refractivity contribution in [2.45, 2.75) is 45.4 Å². The van der Waals surface area contributed by atoms with E-state index in [4.69, 9.17) is 4.98 Å². The summed E-state index contributed by atoms with van der Waals surface area (Å²) < 4.78 is 0. The fourth-order valence-electron chi connectivity index (χ4n) is 2.70. The van der Waals surface area contributed by atoms with E-state index in [1.807, 2.05) is 7.05 Å². The molecular weight excluding hydrogens is 258 g/mol. The molecule has 1 N–H and O–H groups in total. The third-order valence-electron chi connectivity index (χ3n) is 4.11. The van der Waals surface area contributed by atoms with Gasteiger partial charge in [-0.2, -0.15) is 0 Å². The molecule has 1 aliphatic carbocycles. The number of hydrogen-bond acceptors (Lipinski definition) is 3. The second-order valence-electron chi connectivity index (χ2n) is 5.88. The summed E-state index contributed by atoms with van der Waals surface area (Å²) in [5.41, 5.74) is 4.78. The molecule has 0 radical (unpaired) electrons. The van der Waals surface area contributed by atoms with Crippen LogP contribution in [0.3, 0.4) is 0 Å². The first kappa shape index (κ1) is 14.1. The molecule has 3 heteroatoms. The number of aromatic nitrogens is 2. The Bertz CT molecular complexity index is 628. The molecule has 0 bridgehead atoms. The summed E-state index contributed by atoms with van der Waals surface area (Å²) in [5.74, 6) is 2.52. The zero-order valence-electron chi connectivity index (χ0n) is 13.1. The Balaban J connectivity index is 2.01. The van der Waals surface area contributed by atoms with Gasteiger partial charge in [0.25, 0.3) is 0 Å². The van der Waals surface area contributed by atoms with Gasteiger partial charge in [-0.1, -0.05) is 37.6 Å². The molecule has 1 aromatic carbocycles. The van der Waals surface area contributed by atoms with Gasteiger partial charge in [-0.15, -0.1) is 0 Å². The van der Waals surface area contributed by atoms with Crippen LogP contribution in [-0.2, 0) is 6.42 Å². The lowest BCUT2D eigenvalue weighted by molar-refractivity contribution is 0.918. The lowest BCUT2D eigenvalue weighted by Crippen LogP contribution is -2.04. The number of nitrogens with zero attached hydrogens (tertiary/aromatic N) is 2. The number of benzene rings is 1. The van der Waals surface area contributed by atoms with Gasteiger partial charge in [-0.3, -0.25) is 0 Å². The first-order chi connectivity index (χ1) is 10.2. The maximum Gasteiger partial charge on any atom is 0.134 e. The fourth-order valence-corrected chi connectivity index (χ4v) is 2.70. The van der Waals surface area contributed by atoms with Gasteiger partial charge in [0.2, 0.25) is 0 Å². The van der Waals surface area contributed by atoms with Gasteiger partial charge < -0.3 is 5.32 Å². The minimum Gasteiger partial charge on any atom is -0.373 e. The van der Waals surface area contributed by atoms with Crippen LogP contribution in [0.15, 0.2) is 24.3 Å². The summed E-state index contributed by atoms with van der Waals surface area (Å²) in [7, 11) is 1.93. The molecule has 3 rings (SSSR count). The van der Waals surface area contributed by atoms with E-state index in [1.165, 1.54) is 30.4 Å². The highest BCUT2D eigenvalue weighted by atomic mass is 15.0. The van der Waals surface area contributed by atoms with Gasteiger partial charge >= 0.3 is 0 Å². The summed E-state index contributed by atoms with van der Waals surface area (Å²) in [6.07, 6.45) is 4.77. The smallest absolute Gasteiger partial charge is 0.134 e. The van der Waals surface area contributed by atoms with E-state index in [0.717, 1.165) is 29.3 Å². The quantitative estimate of drug-likeness (QED) is 0.886. The number of nitrogens with one attached hydrogen (secondary N) is 1.